The monoisotopic (exact) mass is 357 g/mol. The minimum atomic E-state index is -0.343. The third-order valence-electron chi connectivity index (χ3n) is 3.94. The number of aryl methyl sites for hydroxylation is 2. The smallest absolute Gasteiger partial charge is 0.319 e. The van der Waals surface area contributed by atoms with Crippen molar-refractivity contribution in [2.24, 2.45) is 0 Å². The second-order valence-corrected chi connectivity index (χ2v) is 8.89. The maximum absolute atomic E-state index is 12.4. The Balaban J connectivity index is 2.54. The van der Waals surface area contributed by atoms with Crippen molar-refractivity contribution < 1.29 is 4.79 Å². The second kappa shape index (κ2) is 6.67. The molecule has 1 aromatic heterocycles. The van der Waals surface area contributed by atoms with Crippen LogP contribution < -0.4 is 16.4 Å². The van der Waals surface area contributed by atoms with Gasteiger partial charge in [0.2, 0.25) is 0 Å². The van der Waals surface area contributed by atoms with Crippen LogP contribution in [0.4, 0.5) is 16.3 Å². The van der Waals surface area contributed by atoms with Gasteiger partial charge in [0, 0.05) is 11.0 Å². The molecule has 0 saturated heterocycles. The van der Waals surface area contributed by atoms with Crippen LogP contribution >= 0.6 is 0 Å². The van der Waals surface area contributed by atoms with Gasteiger partial charge >= 0.3 is 6.03 Å². The molecule has 0 aliphatic carbocycles. The Labute approximate surface area is 156 Å². The summed E-state index contributed by atoms with van der Waals surface area (Å²) in [7, 11) is 0. The number of nitrogen functional groups attached to an aromatic ring is 1. The molecule has 2 aromatic rings. The number of hydrogen-bond acceptors (Lipinski definition) is 3. The number of hydrogen-bond donors (Lipinski definition) is 3. The number of carbonyl (C=O) groups excluding carboxylic acids is 1. The third-order valence-corrected chi connectivity index (χ3v) is 3.94. The van der Waals surface area contributed by atoms with Gasteiger partial charge in [-0.2, -0.15) is 5.10 Å². The van der Waals surface area contributed by atoms with Gasteiger partial charge in [-0.05, 0) is 46.2 Å². The lowest BCUT2D eigenvalue weighted by Crippen LogP contribution is -2.43. The first-order chi connectivity index (χ1) is 11.8. The van der Waals surface area contributed by atoms with Gasteiger partial charge in [-0.25, -0.2) is 9.48 Å². The molecule has 0 aliphatic heterocycles. The number of nitrogens with one attached hydrogen (secondary N) is 2. The molecule has 2 amide bonds. The maximum Gasteiger partial charge on any atom is 0.319 e. The molecule has 26 heavy (non-hydrogen) atoms. The van der Waals surface area contributed by atoms with E-state index in [1.807, 2.05) is 67.5 Å². The van der Waals surface area contributed by atoms with Crippen molar-refractivity contribution in [1.82, 2.24) is 15.1 Å². The second-order valence-electron chi connectivity index (χ2n) is 8.89. The first kappa shape index (κ1) is 19.8. The van der Waals surface area contributed by atoms with Crippen LogP contribution in [0.2, 0.25) is 0 Å². The first-order valence-corrected chi connectivity index (χ1v) is 8.85. The van der Waals surface area contributed by atoms with Gasteiger partial charge in [-0.3, -0.25) is 0 Å². The number of amides is 2. The van der Waals surface area contributed by atoms with E-state index in [1.54, 1.807) is 4.68 Å². The molecule has 6 heteroatoms. The van der Waals surface area contributed by atoms with E-state index in [1.165, 1.54) is 5.56 Å². The lowest BCUT2D eigenvalue weighted by molar-refractivity contribution is 0.244. The summed E-state index contributed by atoms with van der Waals surface area (Å²) in [5.74, 6) is 0.422. The Kier molecular flexibility index (Phi) is 5.08. The molecular weight excluding hydrogens is 326 g/mol. The highest BCUT2D eigenvalue weighted by Crippen LogP contribution is 2.35. The molecule has 6 nitrogen and oxygen atoms in total. The molecular formula is C20H31N5O. The molecule has 0 radical (unpaired) electrons. The number of nitrogens with two attached hydrogens (primary N) is 1. The van der Waals surface area contributed by atoms with Crippen molar-refractivity contribution >= 4 is 17.5 Å². The normalized spacial score (nSPS) is 12.2. The highest BCUT2D eigenvalue weighted by molar-refractivity contribution is 5.94. The molecule has 4 N–H and O–H groups in total. The number of benzene rings is 1. The summed E-state index contributed by atoms with van der Waals surface area (Å²) in [6.45, 7) is 16.0. The Morgan fingerprint density at radius 1 is 1.12 bits per heavy atom. The SMILES string of the molecule is Cc1ccc(-n2nc(C(C)(C)C)c(NC(=O)NC(C)(C)C)c2N)c(C)c1. The topological polar surface area (TPSA) is 85.0 Å². The lowest BCUT2D eigenvalue weighted by atomic mass is 9.91. The van der Waals surface area contributed by atoms with E-state index in [0.29, 0.717) is 11.5 Å². The minimum absolute atomic E-state index is 0.275. The number of aromatic nitrogens is 2. The summed E-state index contributed by atoms with van der Waals surface area (Å²) in [6, 6.07) is 5.82. The Morgan fingerprint density at radius 2 is 1.73 bits per heavy atom. The van der Waals surface area contributed by atoms with Gasteiger partial charge in [0.1, 0.15) is 5.69 Å². The molecule has 1 aromatic carbocycles. The Morgan fingerprint density at radius 3 is 2.23 bits per heavy atom. The standard InChI is InChI=1S/C20H31N5O/c1-12-9-10-14(13(2)11-12)25-17(21)15(16(24-25)19(3,4)5)22-18(26)23-20(6,7)8/h9-11H,21H2,1-8H3,(H2,22,23,26). The number of anilines is 2. The Bertz CT molecular complexity index is 822. The molecule has 0 bridgehead atoms. The van der Waals surface area contributed by atoms with Crippen LogP contribution in [-0.4, -0.2) is 21.4 Å². The first-order valence-electron chi connectivity index (χ1n) is 8.85. The molecule has 0 aliphatic rings. The number of rotatable bonds is 2. The van der Waals surface area contributed by atoms with Crippen molar-refractivity contribution in [2.75, 3.05) is 11.1 Å². The van der Waals surface area contributed by atoms with Crippen LogP contribution in [-0.2, 0) is 5.41 Å². The van der Waals surface area contributed by atoms with Crippen LogP contribution in [0.15, 0.2) is 18.2 Å². The van der Waals surface area contributed by atoms with Gasteiger partial charge in [0.15, 0.2) is 5.82 Å². The van der Waals surface area contributed by atoms with Crippen LogP contribution in [0.25, 0.3) is 5.69 Å². The molecule has 0 unspecified atom stereocenters. The predicted octanol–water partition coefficient (Wildman–Crippen LogP) is 4.29. The molecule has 0 atom stereocenters. The van der Waals surface area contributed by atoms with Crippen LogP contribution in [0.1, 0.15) is 58.4 Å². The van der Waals surface area contributed by atoms with Crippen molar-refractivity contribution in [1.29, 1.82) is 0 Å². The van der Waals surface area contributed by atoms with Crippen LogP contribution in [0.5, 0.6) is 0 Å². The van der Waals surface area contributed by atoms with Gasteiger partial charge in [-0.1, -0.05) is 38.5 Å². The number of nitrogens with zero attached hydrogens (tertiary/aromatic N) is 2. The van der Waals surface area contributed by atoms with Crippen LogP contribution in [0.3, 0.4) is 0 Å². The molecule has 1 heterocycles. The van der Waals surface area contributed by atoms with Gasteiger partial charge < -0.3 is 16.4 Å². The van der Waals surface area contributed by atoms with E-state index < -0.39 is 0 Å². The van der Waals surface area contributed by atoms with Crippen molar-refractivity contribution in [2.45, 2.75) is 66.3 Å². The highest BCUT2D eigenvalue weighted by atomic mass is 16.2. The lowest BCUT2D eigenvalue weighted by Gasteiger charge is -2.22. The van der Waals surface area contributed by atoms with Gasteiger partial charge in [0.25, 0.3) is 0 Å². The molecule has 0 spiro atoms. The zero-order valence-corrected chi connectivity index (χ0v) is 17.1. The van der Waals surface area contributed by atoms with Gasteiger partial charge in [0.05, 0.1) is 11.4 Å². The summed E-state index contributed by atoms with van der Waals surface area (Å²) < 4.78 is 1.71. The van der Waals surface area contributed by atoms with E-state index in [0.717, 1.165) is 16.9 Å². The fourth-order valence-electron chi connectivity index (χ4n) is 2.79. The van der Waals surface area contributed by atoms with Crippen LogP contribution in [0, 0.1) is 13.8 Å². The van der Waals surface area contributed by atoms with Gasteiger partial charge in [-0.15, -0.1) is 0 Å². The van der Waals surface area contributed by atoms with Crippen molar-refractivity contribution in [3.05, 3.63) is 35.0 Å². The fourth-order valence-corrected chi connectivity index (χ4v) is 2.79. The fraction of sp³-hybridized carbons (Fsp3) is 0.500. The van der Waals surface area contributed by atoms with Crippen molar-refractivity contribution in [3.63, 3.8) is 0 Å². The molecule has 2 rings (SSSR count). The highest BCUT2D eigenvalue weighted by Gasteiger charge is 2.28. The summed E-state index contributed by atoms with van der Waals surface area (Å²) in [5, 5.41) is 10.5. The summed E-state index contributed by atoms with van der Waals surface area (Å²) in [6.07, 6.45) is 0. The summed E-state index contributed by atoms with van der Waals surface area (Å²) in [4.78, 5) is 12.4. The third kappa shape index (κ3) is 4.36. The zero-order chi connectivity index (χ0) is 19.9. The molecule has 142 valence electrons. The van der Waals surface area contributed by atoms with E-state index in [2.05, 4.69) is 16.7 Å². The average Bonchev–Trinajstić information content (AvgIpc) is 2.74. The molecule has 0 fully saturated rings. The predicted molar refractivity (Wildman–Crippen MR) is 108 cm³/mol. The summed E-state index contributed by atoms with van der Waals surface area (Å²) >= 11 is 0. The van der Waals surface area contributed by atoms with E-state index in [9.17, 15) is 4.79 Å². The van der Waals surface area contributed by atoms with E-state index >= 15 is 0 Å². The zero-order valence-electron chi connectivity index (χ0n) is 17.1. The van der Waals surface area contributed by atoms with E-state index in [4.69, 9.17) is 10.8 Å². The summed E-state index contributed by atoms with van der Waals surface area (Å²) in [5.41, 5.74) is 10.3. The van der Waals surface area contributed by atoms with E-state index in [-0.39, 0.29) is 17.0 Å². The quantitative estimate of drug-likeness (QED) is 0.749. The number of urea groups is 1. The largest absolute Gasteiger partial charge is 0.382 e. The number of carbonyl (C=O) groups is 1. The average molecular weight is 358 g/mol. The Hall–Kier alpha value is -2.50. The van der Waals surface area contributed by atoms with Crippen molar-refractivity contribution in [3.8, 4) is 5.69 Å². The molecule has 0 saturated carbocycles. The maximum atomic E-state index is 12.4. The minimum Gasteiger partial charge on any atom is -0.382 e.